The van der Waals surface area contributed by atoms with Crippen LogP contribution in [-0.2, 0) is 9.59 Å². The van der Waals surface area contributed by atoms with Gasteiger partial charge in [-0.15, -0.1) is 0 Å². The van der Waals surface area contributed by atoms with Crippen molar-refractivity contribution in [2.24, 2.45) is 4.99 Å². The van der Waals surface area contributed by atoms with Gasteiger partial charge in [-0.25, -0.2) is 4.99 Å². The van der Waals surface area contributed by atoms with Crippen molar-refractivity contribution in [2.45, 2.75) is 11.7 Å². The lowest BCUT2D eigenvalue weighted by Gasteiger charge is -2.28. The van der Waals surface area contributed by atoms with Gasteiger partial charge in [-0.1, -0.05) is 53.7 Å². The Morgan fingerprint density at radius 3 is 2.60 bits per heavy atom. The normalized spacial score (nSPS) is 19.1. The van der Waals surface area contributed by atoms with E-state index in [2.05, 4.69) is 10.3 Å². The molecule has 2 aromatic carbocycles. The van der Waals surface area contributed by atoms with Crippen molar-refractivity contribution in [3.8, 4) is 0 Å². The van der Waals surface area contributed by atoms with Crippen molar-refractivity contribution in [1.29, 1.82) is 0 Å². The summed E-state index contributed by atoms with van der Waals surface area (Å²) >= 11 is 7.35. The smallest absolute Gasteiger partial charge is 0.238 e. The molecule has 0 unspecified atom stereocenters. The first-order valence-corrected chi connectivity index (χ1v) is 8.92. The molecule has 1 aliphatic rings. The monoisotopic (exact) mass is 373 g/mol. The predicted molar refractivity (Wildman–Crippen MR) is 102 cm³/mol. The molecule has 1 saturated heterocycles. The van der Waals surface area contributed by atoms with Gasteiger partial charge in [0, 0.05) is 13.5 Å². The maximum absolute atomic E-state index is 12.6. The van der Waals surface area contributed by atoms with E-state index in [1.807, 2.05) is 30.3 Å². The maximum atomic E-state index is 12.6. The topological polar surface area (TPSA) is 61.8 Å². The third-order valence-corrected chi connectivity index (χ3v) is 5.24. The second-order valence-corrected chi connectivity index (χ2v) is 7.04. The molecule has 1 N–H and O–H groups in total. The number of halogens is 1. The number of hydrogen-bond acceptors (Lipinski definition) is 4. The van der Waals surface area contributed by atoms with Gasteiger partial charge in [0.2, 0.25) is 11.8 Å². The summed E-state index contributed by atoms with van der Waals surface area (Å²) in [5.74, 6) is -0.409. The van der Waals surface area contributed by atoms with Crippen molar-refractivity contribution < 1.29 is 9.59 Å². The summed E-state index contributed by atoms with van der Waals surface area (Å²) in [4.78, 5) is 30.8. The predicted octanol–water partition coefficient (Wildman–Crippen LogP) is 3.93. The lowest BCUT2D eigenvalue weighted by molar-refractivity contribution is -0.128. The molecule has 5 nitrogen and oxygen atoms in total. The van der Waals surface area contributed by atoms with Crippen molar-refractivity contribution in [3.63, 3.8) is 0 Å². The number of anilines is 1. The van der Waals surface area contributed by atoms with Crippen LogP contribution in [0.25, 0.3) is 0 Å². The molecule has 7 heteroatoms. The number of para-hydroxylation sites is 2. The third-order valence-electron chi connectivity index (χ3n) is 3.67. The highest BCUT2D eigenvalue weighted by Gasteiger charge is 2.34. The first-order valence-electron chi connectivity index (χ1n) is 7.67. The zero-order valence-corrected chi connectivity index (χ0v) is 15.1. The number of aliphatic imine (C=N–C) groups is 1. The molecule has 1 aliphatic heterocycles. The Morgan fingerprint density at radius 2 is 1.88 bits per heavy atom. The van der Waals surface area contributed by atoms with E-state index in [-0.39, 0.29) is 18.2 Å². The van der Waals surface area contributed by atoms with Gasteiger partial charge in [0.1, 0.15) is 5.25 Å². The van der Waals surface area contributed by atoms with Crippen LogP contribution in [0.15, 0.2) is 59.6 Å². The van der Waals surface area contributed by atoms with Crippen molar-refractivity contribution in [2.75, 3.05) is 12.4 Å². The molecular weight excluding hydrogens is 358 g/mol. The van der Waals surface area contributed by atoms with Crippen molar-refractivity contribution in [3.05, 3.63) is 59.6 Å². The third kappa shape index (κ3) is 4.21. The average molecular weight is 374 g/mol. The number of amidine groups is 1. The Morgan fingerprint density at radius 1 is 1.20 bits per heavy atom. The molecule has 0 saturated carbocycles. The van der Waals surface area contributed by atoms with Crippen LogP contribution < -0.4 is 5.32 Å². The minimum atomic E-state index is -0.553. The molecule has 2 aromatic rings. The number of carbonyl (C=O) groups is 2. The molecule has 1 heterocycles. The van der Waals surface area contributed by atoms with E-state index in [0.29, 0.717) is 15.9 Å². The van der Waals surface area contributed by atoms with E-state index in [9.17, 15) is 9.59 Å². The van der Waals surface area contributed by atoms with Gasteiger partial charge in [-0.05, 0) is 24.3 Å². The van der Waals surface area contributed by atoms with E-state index in [0.717, 1.165) is 5.69 Å². The standard InChI is InChI=1S/C18H16ClN3O2S/c1-22-16(23)11-15(17(24)21-14-10-6-5-9-13(14)19)25-18(22)20-12-7-3-2-4-8-12/h2-10,15H,11H2,1H3,(H,21,24)/t15-/m1/s1. The fourth-order valence-corrected chi connectivity index (χ4v) is 3.53. The Hall–Kier alpha value is -2.31. The second kappa shape index (κ2) is 7.72. The highest BCUT2D eigenvalue weighted by Crippen LogP contribution is 2.29. The lowest BCUT2D eigenvalue weighted by Crippen LogP contribution is -2.43. The van der Waals surface area contributed by atoms with E-state index in [4.69, 9.17) is 11.6 Å². The molecular formula is C18H16ClN3O2S. The lowest BCUT2D eigenvalue weighted by atomic mass is 10.2. The largest absolute Gasteiger partial charge is 0.324 e. The average Bonchev–Trinajstić information content (AvgIpc) is 2.61. The molecule has 0 spiro atoms. The Balaban J connectivity index is 1.78. The van der Waals surface area contributed by atoms with E-state index >= 15 is 0 Å². The first-order chi connectivity index (χ1) is 12.0. The minimum Gasteiger partial charge on any atom is -0.324 e. The van der Waals surface area contributed by atoms with Crippen LogP contribution in [0.3, 0.4) is 0 Å². The molecule has 0 bridgehead atoms. The molecule has 25 heavy (non-hydrogen) atoms. The van der Waals surface area contributed by atoms with Crippen LogP contribution in [0.4, 0.5) is 11.4 Å². The quantitative estimate of drug-likeness (QED) is 0.886. The Bertz CT molecular complexity index is 826. The number of rotatable bonds is 3. The SMILES string of the molecule is CN1C(=O)C[C@H](C(=O)Nc2ccccc2Cl)SC1=Nc1ccccc1. The summed E-state index contributed by atoms with van der Waals surface area (Å²) in [5, 5.41) is 3.19. The number of carbonyl (C=O) groups excluding carboxylic acids is 2. The molecule has 1 fully saturated rings. The number of amides is 2. The summed E-state index contributed by atoms with van der Waals surface area (Å²) in [5.41, 5.74) is 1.26. The van der Waals surface area contributed by atoms with Gasteiger partial charge in [0.25, 0.3) is 0 Å². The number of hydrogen-bond donors (Lipinski definition) is 1. The van der Waals surface area contributed by atoms with Gasteiger partial charge in [0.05, 0.1) is 16.4 Å². The van der Waals surface area contributed by atoms with Crippen molar-refractivity contribution in [1.82, 2.24) is 4.90 Å². The molecule has 1 atom stereocenters. The molecule has 0 aliphatic carbocycles. The van der Waals surface area contributed by atoms with Crippen LogP contribution in [0.2, 0.25) is 5.02 Å². The van der Waals surface area contributed by atoms with Crippen LogP contribution in [0.1, 0.15) is 6.42 Å². The van der Waals surface area contributed by atoms with Crippen LogP contribution in [-0.4, -0.2) is 34.2 Å². The summed E-state index contributed by atoms with van der Waals surface area (Å²) in [6.07, 6.45) is 0.116. The number of nitrogens with one attached hydrogen (secondary N) is 1. The summed E-state index contributed by atoms with van der Waals surface area (Å²) in [7, 11) is 1.67. The molecule has 128 valence electrons. The Kier molecular flexibility index (Phi) is 5.40. The molecule has 0 aromatic heterocycles. The van der Waals surface area contributed by atoms with Gasteiger partial charge < -0.3 is 5.32 Å². The molecule has 2 amide bonds. The van der Waals surface area contributed by atoms with Gasteiger partial charge in [-0.3, -0.25) is 14.5 Å². The summed E-state index contributed by atoms with van der Waals surface area (Å²) < 4.78 is 0. The van der Waals surface area contributed by atoms with E-state index in [1.54, 1.807) is 31.3 Å². The minimum absolute atomic E-state index is 0.116. The molecule has 3 rings (SSSR count). The van der Waals surface area contributed by atoms with Gasteiger partial charge in [-0.2, -0.15) is 0 Å². The Labute approximate surface area is 155 Å². The van der Waals surface area contributed by atoms with Crippen molar-refractivity contribution >= 4 is 51.7 Å². The van der Waals surface area contributed by atoms with Crippen LogP contribution >= 0.6 is 23.4 Å². The summed E-state index contributed by atoms with van der Waals surface area (Å²) in [6.45, 7) is 0. The first kappa shape index (κ1) is 17.5. The number of benzene rings is 2. The van der Waals surface area contributed by atoms with Crippen LogP contribution in [0, 0.1) is 0 Å². The second-order valence-electron chi connectivity index (χ2n) is 5.46. The zero-order valence-electron chi connectivity index (χ0n) is 13.5. The maximum Gasteiger partial charge on any atom is 0.238 e. The van der Waals surface area contributed by atoms with Gasteiger partial charge in [0.15, 0.2) is 5.17 Å². The van der Waals surface area contributed by atoms with Crippen LogP contribution in [0.5, 0.6) is 0 Å². The number of nitrogens with zero attached hydrogens (tertiary/aromatic N) is 2. The molecule has 0 radical (unpaired) electrons. The fourth-order valence-electron chi connectivity index (χ4n) is 2.29. The highest BCUT2D eigenvalue weighted by atomic mass is 35.5. The van der Waals surface area contributed by atoms with Gasteiger partial charge >= 0.3 is 0 Å². The fraction of sp³-hybridized carbons (Fsp3) is 0.167. The summed E-state index contributed by atoms with van der Waals surface area (Å²) in [6, 6.07) is 16.3. The highest BCUT2D eigenvalue weighted by molar-refractivity contribution is 8.15. The van der Waals surface area contributed by atoms with E-state index in [1.165, 1.54) is 16.7 Å². The number of thioether (sulfide) groups is 1. The van der Waals surface area contributed by atoms with E-state index < -0.39 is 5.25 Å². The zero-order chi connectivity index (χ0) is 17.8.